The van der Waals surface area contributed by atoms with E-state index in [1.54, 1.807) is 16.7 Å². The molecule has 3 amide bonds. The van der Waals surface area contributed by atoms with Gasteiger partial charge < -0.3 is 20.2 Å². The molecule has 2 heterocycles. The van der Waals surface area contributed by atoms with Crippen molar-refractivity contribution < 1.29 is 19.5 Å². The lowest BCUT2D eigenvalue weighted by Gasteiger charge is -2.24. The van der Waals surface area contributed by atoms with E-state index < -0.39 is 12.0 Å². The molecule has 2 rings (SSSR count). The Labute approximate surface area is 124 Å². The van der Waals surface area contributed by atoms with Crippen LogP contribution >= 0.6 is 0 Å². The number of rotatable bonds is 4. The van der Waals surface area contributed by atoms with Gasteiger partial charge in [-0.2, -0.15) is 0 Å². The molecule has 2 aliphatic heterocycles. The molecule has 0 radical (unpaired) electrons. The SMILES string of the molecule is CC(NC(=O)N1CCC(CC(=O)O)C1)C(=O)N1CCCC1. The van der Waals surface area contributed by atoms with Crippen LogP contribution in [0.15, 0.2) is 0 Å². The minimum atomic E-state index is -0.833. The van der Waals surface area contributed by atoms with Crippen LogP contribution in [0.4, 0.5) is 4.79 Å². The Kier molecular flexibility index (Phi) is 5.03. The molecule has 0 aromatic heterocycles. The maximum atomic E-state index is 12.1. The Bertz CT molecular complexity index is 420. The van der Waals surface area contributed by atoms with Crippen LogP contribution in [0.1, 0.15) is 32.6 Å². The van der Waals surface area contributed by atoms with Crippen LogP contribution in [-0.4, -0.2) is 65.0 Å². The summed E-state index contributed by atoms with van der Waals surface area (Å²) in [6.07, 6.45) is 2.84. The van der Waals surface area contributed by atoms with Gasteiger partial charge in [0.15, 0.2) is 0 Å². The first-order valence-electron chi connectivity index (χ1n) is 7.53. The minimum Gasteiger partial charge on any atom is -0.481 e. The van der Waals surface area contributed by atoms with Crippen LogP contribution in [0, 0.1) is 5.92 Å². The Morgan fingerprint density at radius 2 is 1.86 bits per heavy atom. The molecule has 0 aromatic rings. The second kappa shape index (κ2) is 6.78. The third-order valence-electron chi connectivity index (χ3n) is 4.16. The minimum absolute atomic E-state index is 0.0119. The molecule has 0 aromatic carbocycles. The number of hydrogen-bond donors (Lipinski definition) is 2. The normalized spacial score (nSPS) is 23.2. The van der Waals surface area contributed by atoms with Crippen molar-refractivity contribution in [2.45, 2.75) is 38.6 Å². The van der Waals surface area contributed by atoms with E-state index in [2.05, 4.69) is 5.32 Å². The van der Waals surface area contributed by atoms with Gasteiger partial charge in [-0.1, -0.05) is 0 Å². The van der Waals surface area contributed by atoms with Crippen LogP contribution in [0.2, 0.25) is 0 Å². The van der Waals surface area contributed by atoms with Gasteiger partial charge in [0.2, 0.25) is 5.91 Å². The molecule has 2 unspecified atom stereocenters. The number of amides is 3. The number of carbonyl (C=O) groups excluding carboxylic acids is 2. The van der Waals surface area contributed by atoms with E-state index in [0.29, 0.717) is 19.5 Å². The molecule has 2 N–H and O–H groups in total. The van der Waals surface area contributed by atoms with E-state index in [-0.39, 0.29) is 24.3 Å². The van der Waals surface area contributed by atoms with E-state index in [0.717, 1.165) is 25.9 Å². The molecule has 7 nitrogen and oxygen atoms in total. The van der Waals surface area contributed by atoms with Gasteiger partial charge in [0.05, 0.1) is 0 Å². The molecule has 2 atom stereocenters. The highest BCUT2D eigenvalue weighted by atomic mass is 16.4. The molecule has 0 bridgehead atoms. The van der Waals surface area contributed by atoms with E-state index in [4.69, 9.17) is 5.11 Å². The molecular formula is C14H23N3O4. The number of carbonyl (C=O) groups is 3. The number of nitrogens with zero attached hydrogens (tertiary/aromatic N) is 2. The number of carboxylic acid groups (broad SMARTS) is 1. The zero-order valence-corrected chi connectivity index (χ0v) is 12.4. The highest BCUT2D eigenvalue weighted by Crippen LogP contribution is 2.19. The van der Waals surface area contributed by atoms with Crippen LogP contribution in [-0.2, 0) is 9.59 Å². The fourth-order valence-electron chi connectivity index (χ4n) is 2.98. The number of aliphatic carboxylic acids is 1. The standard InChI is InChI=1S/C14H23N3O4/c1-10(13(20)16-5-2-3-6-16)15-14(21)17-7-4-11(9-17)8-12(18)19/h10-11H,2-9H2,1H3,(H,15,21)(H,18,19). The average Bonchev–Trinajstić information content (AvgIpc) is 3.07. The first kappa shape index (κ1) is 15.6. The maximum absolute atomic E-state index is 12.1. The summed E-state index contributed by atoms with van der Waals surface area (Å²) in [5.74, 6) is -0.861. The summed E-state index contributed by atoms with van der Waals surface area (Å²) in [7, 11) is 0. The summed E-state index contributed by atoms with van der Waals surface area (Å²) in [6, 6.07) is -0.808. The van der Waals surface area contributed by atoms with Crippen molar-refractivity contribution in [1.82, 2.24) is 15.1 Å². The lowest BCUT2D eigenvalue weighted by atomic mass is 10.1. The number of urea groups is 1. The zero-order valence-electron chi connectivity index (χ0n) is 12.4. The van der Waals surface area contributed by atoms with Gasteiger partial charge in [0.25, 0.3) is 0 Å². The summed E-state index contributed by atoms with van der Waals surface area (Å²) >= 11 is 0. The summed E-state index contributed by atoms with van der Waals surface area (Å²) in [6.45, 7) is 4.23. The van der Waals surface area contributed by atoms with Crippen molar-refractivity contribution in [3.63, 3.8) is 0 Å². The average molecular weight is 297 g/mol. The van der Waals surface area contributed by atoms with Crippen molar-refractivity contribution >= 4 is 17.9 Å². The van der Waals surface area contributed by atoms with E-state index in [9.17, 15) is 14.4 Å². The lowest BCUT2D eigenvalue weighted by Crippen LogP contribution is -2.50. The second-order valence-corrected chi connectivity index (χ2v) is 5.90. The fraction of sp³-hybridized carbons (Fsp3) is 0.786. The monoisotopic (exact) mass is 297 g/mol. The highest BCUT2D eigenvalue weighted by molar-refractivity contribution is 5.87. The molecule has 2 aliphatic rings. The van der Waals surface area contributed by atoms with Crippen LogP contribution in [0.25, 0.3) is 0 Å². The number of nitrogens with one attached hydrogen (secondary N) is 1. The quantitative estimate of drug-likeness (QED) is 0.791. The van der Waals surface area contributed by atoms with E-state index >= 15 is 0 Å². The molecule has 118 valence electrons. The van der Waals surface area contributed by atoms with Crippen LogP contribution in [0.3, 0.4) is 0 Å². The van der Waals surface area contributed by atoms with E-state index in [1.807, 2.05) is 0 Å². The predicted octanol–water partition coefficient (Wildman–Crippen LogP) is 0.504. The first-order valence-corrected chi connectivity index (χ1v) is 7.53. The van der Waals surface area contributed by atoms with Gasteiger partial charge in [0, 0.05) is 32.6 Å². The third-order valence-corrected chi connectivity index (χ3v) is 4.16. The summed E-state index contributed by atoms with van der Waals surface area (Å²) in [4.78, 5) is 38.3. The number of hydrogen-bond acceptors (Lipinski definition) is 3. The highest BCUT2D eigenvalue weighted by Gasteiger charge is 2.30. The van der Waals surface area contributed by atoms with Gasteiger partial charge in [-0.15, -0.1) is 0 Å². The Morgan fingerprint density at radius 1 is 1.19 bits per heavy atom. The Balaban J connectivity index is 1.78. The molecule has 0 spiro atoms. The fourth-order valence-corrected chi connectivity index (χ4v) is 2.98. The smallest absolute Gasteiger partial charge is 0.318 e. The van der Waals surface area contributed by atoms with Gasteiger partial charge in [0.1, 0.15) is 6.04 Å². The lowest BCUT2D eigenvalue weighted by molar-refractivity contribution is -0.138. The topological polar surface area (TPSA) is 90.0 Å². The predicted molar refractivity (Wildman–Crippen MR) is 75.7 cm³/mol. The van der Waals surface area contributed by atoms with Gasteiger partial charge in [-0.05, 0) is 32.1 Å². The third kappa shape index (κ3) is 4.09. The van der Waals surface area contributed by atoms with Crippen molar-refractivity contribution in [3.8, 4) is 0 Å². The Hall–Kier alpha value is -1.79. The molecule has 2 fully saturated rings. The molecule has 7 heteroatoms. The summed E-state index contributed by atoms with van der Waals surface area (Å²) in [5.41, 5.74) is 0. The van der Waals surface area contributed by atoms with Crippen LogP contribution < -0.4 is 5.32 Å². The summed E-state index contributed by atoms with van der Waals surface area (Å²) < 4.78 is 0. The zero-order chi connectivity index (χ0) is 15.4. The molecule has 0 aliphatic carbocycles. The molecule has 21 heavy (non-hydrogen) atoms. The Morgan fingerprint density at radius 3 is 2.48 bits per heavy atom. The van der Waals surface area contributed by atoms with E-state index in [1.165, 1.54) is 0 Å². The second-order valence-electron chi connectivity index (χ2n) is 5.90. The summed E-state index contributed by atoms with van der Waals surface area (Å²) in [5, 5.41) is 11.5. The van der Waals surface area contributed by atoms with Gasteiger partial charge in [-0.25, -0.2) is 4.79 Å². The van der Waals surface area contributed by atoms with Gasteiger partial charge >= 0.3 is 12.0 Å². The molecule has 0 saturated carbocycles. The first-order chi connectivity index (χ1) is 9.97. The largest absolute Gasteiger partial charge is 0.481 e. The van der Waals surface area contributed by atoms with Gasteiger partial charge in [-0.3, -0.25) is 9.59 Å². The molecular weight excluding hydrogens is 274 g/mol. The number of carboxylic acids is 1. The van der Waals surface area contributed by atoms with Crippen LogP contribution in [0.5, 0.6) is 0 Å². The van der Waals surface area contributed by atoms with Crippen molar-refractivity contribution in [2.24, 2.45) is 5.92 Å². The maximum Gasteiger partial charge on any atom is 0.318 e. The number of likely N-dealkylation sites (tertiary alicyclic amines) is 2. The molecule has 2 saturated heterocycles. The van der Waals surface area contributed by atoms with Crippen molar-refractivity contribution in [1.29, 1.82) is 0 Å². The van der Waals surface area contributed by atoms with Crippen molar-refractivity contribution in [2.75, 3.05) is 26.2 Å². The van der Waals surface area contributed by atoms with Crippen molar-refractivity contribution in [3.05, 3.63) is 0 Å².